The number of nitrogens with one attached hydrogen (secondary N) is 1. The van der Waals surface area contributed by atoms with E-state index in [1.165, 1.54) is 19.2 Å². The van der Waals surface area contributed by atoms with Crippen LogP contribution in [0.4, 0.5) is 0 Å². The van der Waals surface area contributed by atoms with Gasteiger partial charge in [-0.05, 0) is 37.2 Å². The lowest BCUT2D eigenvalue weighted by molar-refractivity contribution is -0.144. The van der Waals surface area contributed by atoms with Crippen molar-refractivity contribution in [1.29, 1.82) is 0 Å². The second-order valence-corrected chi connectivity index (χ2v) is 5.88. The second kappa shape index (κ2) is 4.98. The Hall–Kier alpha value is -2.18. The number of fused-ring (bicyclic) bond motifs is 2. The smallest absolute Gasteiger partial charge is 0.308 e. The number of carbonyl (C=O) groups is 2. The molecule has 1 aromatic heterocycles. The van der Waals surface area contributed by atoms with Gasteiger partial charge in [0.2, 0.25) is 0 Å². The molecule has 0 spiro atoms. The van der Waals surface area contributed by atoms with Gasteiger partial charge in [0.15, 0.2) is 0 Å². The molecule has 2 fully saturated rings. The quantitative estimate of drug-likeness (QED) is 0.817. The van der Waals surface area contributed by atoms with Gasteiger partial charge >= 0.3 is 5.97 Å². The van der Waals surface area contributed by atoms with Gasteiger partial charge in [-0.15, -0.1) is 0 Å². The first-order chi connectivity index (χ1) is 9.97. The number of amides is 1. The standard InChI is InChI=1S/C14H17N3O4/c1-17-10(18)5-4-9(16-17)13(19)15-12-8-3-2-7(6-8)11(12)14(20)21/h4-5,7-8,11-12H,2-3,6H2,1H3,(H,15,19)(H,20,21). The third-order valence-electron chi connectivity index (χ3n) is 4.69. The Morgan fingerprint density at radius 2 is 2.05 bits per heavy atom. The highest BCUT2D eigenvalue weighted by Crippen LogP contribution is 2.48. The molecule has 4 unspecified atom stereocenters. The van der Waals surface area contributed by atoms with Gasteiger partial charge in [-0.3, -0.25) is 14.4 Å². The molecule has 2 aliphatic carbocycles. The zero-order chi connectivity index (χ0) is 15.1. The average molecular weight is 291 g/mol. The SMILES string of the molecule is Cn1nc(C(=O)NC2C3CCC(C3)C2C(=O)O)ccc1=O. The van der Waals surface area contributed by atoms with Crippen LogP contribution in [0.2, 0.25) is 0 Å². The number of rotatable bonds is 3. The van der Waals surface area contributed by atoms with Crippen LogP contribution < -0.4 is 10.9 Å². The lowest BCUT2D eigenvalue weighted by Gasteiger charge is -2.28. The molecule has 0 radical (unpaired) electrons. The highest BCUT2D eigenvalue weighted by Gasteiger charge is 2.51. The first kappa shape index (κ1) is 13.8. The monoisotopic (exact) mass is 291 g/mol. The fourth-order valence-electron chi connectivity index (χ4n) is 3.70. The Balaban J connectivity index is 1.79. The Kier molecular flexibility index (Phi) is 3.27. The van der Waals surface area contributed by atoms with E-state index >= 15 is 0 Å². The Bertz CT molecular complexity index is 654. The molecule has 2 N–H and O–H groups in total. The lowest BCUT2D eigenvalue weighted by atomic mass is 9.84. The minimum absolute atomic E-state index is 0.129. The lowest BCUT2D eigenvalue weighted by Crippen LogP contribution is -2.47. The number of nitrogens with zero attached hydrogens (tertiary/aromatic N) is 2. The summed E-state index contributed by atoms with van der Waals surface area (Å²) in [6, 6.07) is 2.30. The third kappa shape index (κ3) is 2.32. The number of carboxylic acid groups (broad SMARTS) is 1. The first-order valence-corrected chi connectivity index (χ1v) is 7.05. The van der Waals surface area contributed by atoms with Gasteiger partial charge in [0.1, 0.15) is 5.69 Å². The van der Waals surface area contributed by atoms with E-state index in [4.69, 9.17) is 0 Å². The second-order valence-electron chi connectivity index (χ2n) is 5.88. The first-order valence-electron chi connectivity index (χ1n) is 7.05. The summed E-state index contributed by atoms with van der Waals surface area (Å²) in [5.41, 5.74) is -0.168. The summed E-state index contributed by atoms with van der Waals surface area (Å²) in [5, 5.41) is 16.1. The number of hydrogen-bond acceptors (Lipinski definition) is 4. The Morgan fingerprint density at radius 3 is 2.71 bits per heavy atom. The molecular weight excluding hydrogens is 274 g/mol. The van der Waals surface area contributed by atoms with Crippen molar-refractivity contribution in [3.8, 4) is 0 Å². The molecule has 0 saturated heterocycles. The number of aliphatic carboxylic acids is 1. The molecule has 3 rings (SSSR count). The fraction of sp³-hybridized carbons (Fsp3) is 0.571. The van der Waals surface area contributed by atoms with E-state index in [1.807, 2.05) is 0 Å². The van der Waals surface area contributed by atoms with Gasteiger partial charge in [0.05, 0.1) is 5.92 Å². The van der Waals surface area contributed by atoms with E-state index in [-0.39, 0.29) is 29.1 Å². The number of hydrogen-bond donors (Lipinski definition) is 2. The summed E-state index contributed by atoms with van der Waals surface area (Å²) in [7, 11) is 1.47. The van der Waals surface area contributed by atoms with Crippen LogP contribution in [0.25, 0.3) is 0 Å². The van der Waals surface area contributed by atoms with Gasteiger partial charge in [-0.2, -0.15) is 5.10 Å². The Labute approximate surface area is 121 Å². The third-order valence-corrected chi connectivity index (χ3v) is 4.69. The van der Waals surface area contributed by atoms with Crippen molar-refractivity contribution < 1.29 is 14.7 Å². The zero-order valence-corrected chi connectivity index (χ0v) is 11.7. The molecule has 1 amide bonds. The molecule has 112 valence electrons. The van der Waals surface area contributed by atoms with Crippen LogP contribution in [0.5, 0.6) is 0 Å². The summed E-state index contributed by atoms with van der Waals surface area (Å²) < 4.78 is 1.09. The van der Waals surface area contributed by atoms with E-state index in [9.17, 15) is 19.5 Å². The van der Waals surface area contributed by atoms with E-state index in [0.717, 1.165) is 23.9 Å². The minimum Gasteiger partial charge on any atom is -0.481 e. The summed E-state index contributed by atoms with van der Waals surface area (Å²) >= 11 is 0. The zero-order valence-electron chi connectivity index (χ0n) is 11.7. The number of carbonyl (C=O) groups excluding carboxylic acids is 1. The van der Waals surface area contributed by atoms with Crippen LogP contribution >= 0.6 is 0 Å². The maximum Gasteiger partial charge on any atom is 0.308 e. The van der Waals surface area contributed by atoms with Crippen molar-refractivity contribution in [2.45, 2.75) is 25.3 Å². The topological polar surface area (TPSA) is 101 Å². The number of carboxylic acids is 1. The van der Waals surface area contributed by atoms with E-state index in [0.29, 0.717) is 0 Å². The van der Waals surface area contributed by atoms with Crippen molar-refractivity contribution >= 4 is 11.9 Å². The van der Waals surface area contributed by atoms with E-state index in [1.54, 1.807) is 0 Å². The normalized spacial score (nSPS) is 30.3. The Morgan fingerprint density at radius 1 is 1.33 bits per heavy atom. The molecule has 21 heavy (non-hydrogen) atoms. The molecule has 7 heteroatoms. The summed E-state index contributed by atoms with van der Waals surface area (Å²) in [6.07, 6.45) is 2.74. The predicted octanol–water partition coefficient (Wildman–Crippen LogP) is 0.00940. The number of aromatic nitrogens is 2. The predicted molar refractivity (Wildman–Crippen MR) is 72.7 cm³/mol. The van der Waals surface area contributed by atoms with Crippen molar-refractivity contribution in [2.75, 3.05) is 0 Å². The molecule has 2 saturated carbocycles. The van der Waals surface area contributed by atoms with Crippen molar-refractivity contribution in [1.82, 2.24) is 15.1 Å². The maximum absolute atomic E-state index is 12.2. The van der Waals surface area contributed by atoms with Gasteiger partial charge < -0.3 is 10.4 Å². The minimum atomic E-state index is -0.846. The van der Waals surface area contributed by atoms with Gasteiger partial charge in [-0.25, -0.2) is 4.68 Å². The number of aryl methyl sites for hydroxylation is 1. The van der Waals surface area contributed by atoms with E-state index in [2.05, 4.69) is 10.4 Å². The highest BCUT2D eigenvalue weighted by molar-refractivity contribution is 5.92. The van der Waals surface area contributed by atoms with Crippen molar-refractivity contribution in [2.24, 2.45) is 24.8 Å². The van der Waals surface area contributed by atoms with Crippen LogP contribution in [0.1, 0.15) is 29.8 Å². The fourth-order valence-corrected chi connectivity index (χ4v) is 3.70. The van der Waals surface area contributed by atoms with Crippen LogP contribution in [0, 0.1) is 17.8 Å². The van der Waals surface area contributed by atoms with E-state index < -0.39 is 17.8 Å². The summed E-state index contributed by atoms with van der Waals surface area (Å²) in [4.78, 5) is 34.9. The molecule has 2 aliphatic rings. The highest BCUT2D eigenvalue weighted by atomic mass is 16.4. The van der Waals surface area contributed by atoms with Crippen LogP contribution in [0.3, 0.4) is 0 Å². The van der Waals surface area contributed by atoms with Crippen LogP contribution in [-0.2, 0) is 11.8 Å². The molecular formula is C14H17N3O4. The molecule has 4 atom stereocenters. The van der Waals surface area contributed by atoms with Crippen molar-refractivity contribution in [3.05, 3.63) is 28.2 Å². The molecule has 0 aliphatic heterocycles. The molecule has 2 bridgehead atoms. The summed E-state index contributed by atoms with van der Waals surface area (Å²) in [5.74, 6) is -1.39. The maximum atomic E-state index is 12.2. The van der Waals surface area contributed by atoms with Gasteiger partial charge in [0.25, 0.3) is 11.5 Å². The van der Waals surface area contributed by atoms with Gasteiger partial charge in [-0.1, -0.05) is 0 Å². The average Bonchev–Trinajstić information content (AvgIpc) is 3.02. The van der Waals surface area contributed by atoms with Crippen LogP contribution in [-0.4, -0.2) is 32.8 Å². The molecule has 0 aromatic carbocycles. The largest absolute Gasteiger partial charge is 0.481 e. The summed E-state index contributed by atoms with van der Waals surface area (Å²) in [6.45, 7) is 0. The van der Waals surface area contributed by atoms with Crippen molar-refractivity contribution in [3.63, 3.8) is 0 Å². The molecule has 1 heterocycles. The van der Waals surface area contributed by atoms with Gasteiger partial charge in [0, 0.05) is 19.2 Å². The van der Waals surface area contributed by atoms with Crippen LogP contribution in [0.15, 0.2) is 16.9 Å². The molecule has 7 nitrogen and oxygen atoms in total. The molecule has 1 aromatic rings.